The molecule has 0 spiro atoms. The Labute approximate surface area is 147 Å². The van der Waals surface area contributed by atoms with Crippen LogP contribution in [0.2, 0.25) is 0 Å². The van der Waals surface area contributed by atoms with E-state index in [0.29, 0.717) is 31.4 Å². The van der Waals surface area contributed by atoms with Gasteiger partial charge in [-0.05, 0) is 32.0 Å². The van der Waals surface area contributed by atoms with E-state index >= 15 is 0 Å². The van der Waals surface area contributed by atoms with E-state index in [1.165, 1.54) is 9.47 Å². The fourth-order valence-corrected chi connectivity index (χ4v) is 2.37. The number of nitrogen functional groups attached to an aromatic ring is 1. The van der Waals surface area contributed by atoms with Crippen molar-refractivity contribution in [3.05, 3.63) is 20.8 Å². The van der Waals surface area contributed by atoms with Crippen LogP contribution in [0.4, 0.5) is 11.5 Å². The number of nitrogens with two attached hydrogens (primary N) is 1. The van der Waals surface area contributed by atoms with Gasteiger partial charge in [0.15, 0.2) is 5.11 Å². The summed E-state index contributed by atoms with van der Waals surface area (Å²) < 4.78 is 6.62. The Morgan fingerprint density at radius 1 is 1.38 bits per heavy atom. The number of thiocarbonyl (C=S) groups is 1. The van der Waals surface area contributed by atoms with E-state index in [-0.39, 0.29) is 11.5 Å². The first-order valence-electron chi connectivity index (χ1n) is 8.15. The standard InChI is InChI=1S/C15H27N5O3S/c1-4-6-9-20-12(16)11(13(21)18-14(20)22)19(3)15(24)17-8-7-10-23-5-2/h4-10,16H2,1-3H3,(H,17,24)(H,18,21,22). The Balaban J connectivity index is 2.89. The normalized spacial score (nSPS) is 10.6. The second-order valence-corrected chi connectivity index (χ2v) is 5.73. The lowest BCUT2D eigenvalue weighted by Gasteiger charge is -2.23. The molecule has 9 heteroatoms. The third-order valence-corrected chi connectivity index (χ3v) is 3.95. The lowest BCUT2D eigenvalue weighted by molar-refractivity contribution is 0.146. The number of aromatic nitrogens is 2. The predicted molar refractivity (Wildman–Crippen MR) is 101 cm³/mol. The number of H-pyrrole nitrogens is 1. The van der Waals surface area contributed by atoms with Crippen LogP contribution in [0.15, 0.2) is 9.59 Å². The van der Waals surface area contributed by atoms with Crippen molar-refractivity contribution in [2.24, 2.45) is 0 Å². The molecular weight excluding hydrogens is 330 g/mol. The molecule has 0 aliphatic carbocycles. The van der Waals surface area contributed by atoms with E-state index in [4.69, 9.17) is 22.7 Å². The van der Waals surface area contributed by atoms with Crippen molar-refractivity contribution in [1.82, 2.24) is 14.9 Å². The SMILES string of the molecule is CCCCn1c(N)c(N(C)C(=S)NCCCOCC)c(=O)[nH]c1=O. The summed E-state index contributed by atoms with van der Waals surface area (Å²) in [4.78, 5) is 27.9. The van der Waals surface area contributed by atoms with Crippen molar-refractivity contribution in [3.8, 4) is 0 Å². The first-order valence-corrected chi connectivity index (χ1v) is 8.56. The number of nitrogens with zero attached hydrogens (tertiary/aromatic N) is 2. The summed E-state index contributed by atoms with van der Waals surface area (Å²) in [6, 6.07) is 0. The van der Waals surface area contributed by atoms with Gasteiger partial charge < -0.3 is 20.7 Å². The highest BCUT2D eigenvalue weighted by molar-refractivity contribution is 7.80. The molecule has 0 saturated carbocycles. The topological polar surface area (TPSA) is 105 Å². The molecular formula is C15H27N5O3S. The lowest BCUT2D eigenvalue weighted by atomic mass is 10.3. The maximum absolute atomic E-state index is 12.1. The van der Waals surface area contributed by atoms with Gasteiger partial charge in [0, 0.05) is 33.4 Å². The minimum absolute atomic E-state index is 0.123. The largest absolute Gasteiger partial charge is 0.383 e. The quantitative estimate of drug-likeness (QED) is 0.440. The number of hydrogen-bond acceptors (Lipinski definition) is 5. The molecule has 0 saturated heterocycles. The number of anilines is 2. The van der Waals surface area contributed by atoms with Gasteiger partial charge in [0.25, 0.3) is 5.56 Å². The number of aromatic amines is 1. The van der Waals surface area contributed by atoms with Gasteiger partial charge in [-0.15, -0.1) is 0 Å². The summed E-state index contributed by atoms with van der Waals surface area (Å²) in [5.74, 6) is 0.123. The van der Waals surface area contributed by atoms with E-state index in [1.807, 2.05) is 13.8 Å². The highest BCUT2D eigenvalue weighted by atomic mass is 32.1. The smallest absolute Gasteiger partial charge is 0.330 e. The molecule has 0 bridgehead atoms. The van der Waals surface area contributed by atoms with Crippen molar-refractivity contribution in [1.29, 1.82) is 0 Å². The van der Waals surface area contributed by atoms with Crippen LogP contribution in [-0.4, -0.2) is 41.5 Å². The molecule has 4 N–H and O–H groups in total. The van der Waals surface area contributed by atoms with E-state index in [0.717, 1.165) is 19.3 Å². The van der Waals surface area contributed by atoms with Gasteiger partial charge in [-0.2, -0.15) is 0 Å². The number of ether oxygens (including phenoxy) is 1. The molecule has 136 valence electrons. The molecule has 1 heterocycles. The molecule has 1 rings (SSSR count). The average Bonchev–Trinajstić information content (AvgIpc) is 2.53. The van der Waals surface area contributed by atoms with Crippen molar-refractivity contribution in [3.63, 3.8) is 0 Å². The average molecular weight is 357 g/mol. The molecule has 0 aliphatic heterocycles. The summed E-state index contributed by atoms with van der Waals surface area (Å²) in [6.07, 6.45) is 2.50. The van der Waals surface area contributed by atoms with Gasteiger partial charge in [0.05, 0.1) is 0 Å². The summed E-state index contributed by atoms with van der Waals surface area (Å²) in [6.45, 7) is 6.34. The summed E-state index contributed by atoms with van der Waals surface area (Å²) in [5, 5.41) is 3.42. The van der Waals surface area contributed by atoms with Gasteiger partial charge in [0.1, 0.15) is 11.5 Å². The number of hydrogen-bond donors (Lipinski definition) is 3. The second kappa shape index (κ2) is 10.1. The van der Waals surface area contributed by atoms with Gasteiger partial charge in [-0.1, -0.05) is 13.3 Å². The Morgan fingerprint density at radius 3 is 2.71 bits per heavy atom. The van der Waals surface area contributed by atoms with Crippen LogP contribution in [0, 0.1) is 0 Å². The minimum atomic E-state index is -0.550. The third-order valence-electron chi connectivity index (χ3n) is 3.54. The van der Waals surface area contributed by atoms with Crippen molar-refractivity contribution >= 4 is 28.8 Å². The maximum atomic E-state index is 12.1. The Bertz CT molecular complexity index is 655. The fourth-order valence-electron chi connectivity index (χ4n) is 2.17. The Hall–Kier alpha value is -1.87. The third kappa shape index (κ3) is 5.34. The van der Waals surface area contributed by atoms with Crippen LogP contribution in [-0.2, 0) is 11.3 Å². The van der Waals surface area contributed by atoms with Crippen LogP contribution in [0.5, 0.6) is 0 Å². The van der Waals surface area contributed by atoms with Gasteiger partial charge in [-0.3, -0.25) is 14.3 Å². The number of nitrogens with one attached hydrogen (secondary N) is 2. The van der Waals surface area contributed by atoms with Crippen molar-refractivity contribution in [2.45, 2.75) is 39.7 Å². The van der Waals surface area contributed by atoms with E-state index in [2.05, 4.69) is 10.3 Å². The zero-order chi connectivity index (χ0) is 18.1. The number of rotatable bonds is 9. The molecule has 8 nitrogen and oxygen atoms in total. The van der Waals surface area contributed by atoms with Crippen LogP contribution < -0.4 is 27.2 Å². The molecule has 0 unspecified atom stereocenters. The summed E-state index contributed by atoms with van der Waals surface area (Å²) >= 11 is 5.30. The summed E-state index contributed by atoms with van der Waals surface area (Å²) in [5.41, 5.74) is 5.18. The molecule has 1 aromatic rings. The highest BCUT2D eigenvalue weighted by Gasteiger charge is 2.18. The summed E-state index contributed by atoms with van der Waals surface area (Å²) in [7, 11) is 1.65. The second-order valence-electron chi connectivity index (χ2n) is 5.34. The minimum Gasteiger partial charge on any atom is -0.383 e. The van der Waals surface area contributed by atoms with Crippen LogP contribution in [0.1, 0.15) is 33.1 Å². The monoisotopic (exact) mass is 357 g/mol. The molecule has 0 radical (unpaired) electrons. The first-order chi connectivity index (χ1) is 11.4. The Morgan fingerprint density at radius 2 is 2.08 bits per heavy atom. The highest BCUT2D eigenvalue weighted by Crippen LogP contribution is 2.15. The zero-order valence-electron chi connectivity index (χ0n) is 14.6. The molecule has 1 aromatic heterocycles. The van der Waals surface area contributed by atoms with Gasteiger partial charge in [0.2, 0.25) is 0 Å². The van der Waals surface area contributed by atoms with Crippen molar-refractivity contribution < 1.29 is 4.74 Å². The van der Waals surface area contributed by atoms with E-state index < -0.39 is 11.2 Å². The van der Waals surface area contributed by atoms with Crippen LogP contribution in [0.25, 0.3) is 0 Å². The first kappa shape index (κ1) is 20.2. The lowest BCUT2D eigenvalue weighted by Crippen LogP contribution is -2.43. The predicted octanol–water partition coefficient (Wildman–Crippen LogP) is 0.656. The van der Waals surface area contributed by atoms with Gasteiger partial charge >= 0.3 is 5.69 Å². The molecule has 0 atom stereocenters. The molecule has 0 aromatic carbocycles. The fraction of sp³-hybridized carbons (Fsp3) is 0.667. The molecule has 24 heavy (non-hydrogen) atoms. The molecule has 0 amide bonds. The molecule has 0 fully saturated rings. The molecule has 0 aliphatic rings. The zero-order valence-corrected chi connectivity index (χ0v) is 15.4. The van der Waals surface area contributed by atoms with Crippen LogP contribution >= 0.6 is 12.2 Å². The van der Waals surface area contributed by atoms with Gasteiger partial charge in [-0.25, -0.2) is 4.79 Å². The van der Waals surface area contributed by atoms with E-state index in [9.17, 15) is 9.59 Å². The Kier molecular flexibility index (Phi) is 8.48. The number of unbranched alkanes of at least 4 members (excludes halogenated alkanes) is 1. The maximum Gasteiger partial charge on any atom is 0.330 e. The van der Waals surface area contributed by atoms with E-state index in [1.54, 1.807) is 7.05 Å². The van der Waals surface area contributed by atoms with Crippen LogP contribution in [0.3, 0.4) is 0 Å². The van der Waals surface area contributed by atoms with Crippen molar-refractivity contribution in [2.75, 3.05) is 37.4 Å².